The number of aromatic nitrogens is 2. The first kappa shape index (κ1) is 14.8. The summed E-state index contributed by atoms with van der Waals surface area (Å²) in [5, 5.41) is 17.3. The van der Waals surface area contributed by atoms with E-state index in [0.29, 0.717) is 6.54 Å². The van der Waals surface area contributed by atoms with E-state index in [0.717, 1.165) is 36.5 Å². The van der Waals surface area contributed by atoms with Crippen LogP contribution in [0.2, 0.25) is 0 Å². The first-order chi connectivity index (χ1) is 8.53. The molecule has 1 heterocycles. The number of aliphatic hydroxyl groups excluding tert-OH is 1. The molecule has 0 aliphatic carbocycles. The van der Waals surface area contributed by atoms with E-state index in [2.05, 4.69) is 24.3 Å². The molecule has 0 fully saturated rings. The standard InChI is InChI=1S/C13H26N4O/c1-5-10-11(14)12(17(4)16-10)15-8-13(6-2,7-3)9-18/h15,18H,5-9,14H2,1-4H3. The van der Waals surface area contributed by atoms with Gasteiger partial charge in [0.2, 0.25) is 0 Å². The van der Waals surface area contributed by atoms with Gasteiger partial charge < -0.3 is 16.2 Å². The molecule has 0 spiro atoms. The summed E-state index contributed by atoms with van der Waals surface area (Å²) in [7, 11) is 1.89. The van der Waals surface area contributed by atoms with Crippen LogP contribution in [0.15, 0.2) is 0 Å². The fourth-order valence-corrected chi connectivity index (χ4v) is 2.12. The van der Waals surface area contributed by atoms with E-state index in [4.69, 9.17) is 5.73 Å². The molecule has 0 atom stereocenters. The third kappa shape index (κ3) is 2.77. The van der Waals surface area contributed by atoms with Crippen molar-refractivity contribution in [2.24, 2.45) is 12.5 Å². The lowest BCUT2D eigenvalue weighted by Crippen LogP contribution is -2.32. The number of anilines is 2. The summed E-state index contributed by atoms with van der Waals surface area (Å²) in [6, 6.07) is 0. The van der Waals surface area contributed by atoms with Gasteiger partial charge in [0.15, 0.2) is 0 Å². The van der Waals surface area contributed by atoms with Crippen LogP contribution in [0.5, 0.6) is 0 Å². The lowest BCUT2D eigenvalue weighted by molar-refractivity contribution is 0.127. The number of aliphatic hydroxyl groups is 1. The Hall–Kier alpha value is -1.23. The zero-order chi connectivity index (χ0) is 13.8. The van der Waals surface area contributed by atoms with E-state index < -0.39 is 0 Å². The summed E-state index contributed by atoms with van der Waals surface area (Å²) < 4.78 is 1.78. The first-order valence-corrected chi connectivity index (χ1v) is 6.69. The van der Waals surface area contributed by atoms with E-state index in [9.17, 15) is 5.11 Å². The minimum atomic E-state index is -0.0803. The number of nitrogens with zero attached hydrogens (tertiary/aromatic N) is 2. The summed E-state index contributed by atoms with van der Waals surface area (Å²) in [6.45, 7) is 7.14. The van der Waals surface area contributed by atoms with E-state index in [-0.39, 0.29) is 12.0 Å². The van der Waals surface area contributed by atoms with E-state index in [1.165, 1.54) is 0 Å². The molecule has 1 rings (SSSR count). The Morgan fingerprint density at radius 2 is 1.94 bits per heavy atom. The maximum Gasteiger partial charge on any atom is 0.147 e. The van der Waals surface area contributed by atoms with Crippen LogP contribution < -0.4 is 11.1 Å². The molecule has 1 aromatic rings. The highest BCUT2D eigenvalue weighted by atomic mass is 16.3. The van der Waals surface area contributed by atoms with Crippen molar-refractivity contribution in [2.75, 3.05) is 24.2 Å². The number of nitrogen functional groups attached to an aromatic ring is 1. The molecule has 18 heavy (non-hydrogen) atoms. The maximum atomic E-state index is 9.55. The lowest BCUT2D eigenvalue weighted by Gasteiger charge is -2.30. The number of aryl methyl sites for hydroxylation is 2. The van der Waals surface area contributed by atoms with Gasteiger partial charge in [0.05, 0.1) is 18.0 Å². The van der Waals surface area contributed by atoms with E-state index >= 15 is 0 Å². The minimum absolute atomic E-state index is 0.0803. The molecular formula is C13H26N4O. The van der Waals surface area contributed by atoms with Crippen molar-refractivity contribution in [3.8, 4) is 0 Å². The topological polar surface area (TPSA) is 76.1 Å². The van der Waals surface area contributed by atoms with Gasteiger partial charge in [-0.15, -0.1) is 0 Å². The summed E-state index contributed by atoms with van der Waals surface area (Å²) in [5.74, 6) is 0.853. The molecule has 0 saturated carbocycles. The Bertz CT molecular complexity index is 374. The predicted octanol–water partition coefficient (Wildman–Crippen LogP) is 1.78. The zero-order valence-electron chi connectivity index (χ0n) is 12.0. The highest BCUT2D eigenvalue weighted by Crippen LogP contribution is 2.28. The van der Waals surface area contributed by atoms with Gasteiger partial charge in [-0.3, -0.25) is 4.68 Å². The molecular weight excluding hydrogens is 228 g/mol. The largest absolute Gasteiger partial charge is 0.396 e. The Kier molecular flexibility index (Phi) is 5.02. The molecule has 0 aliphatic rings. The Morgan fingerprint density at radius 3 is 2.33 bits per heavy atom. The quantitative estimate of drug-likeness (QED) is 0.693. The third-order valence-corrected chi connectivity index (χ3v) is 3.96. The first-order valence-electron chi connectivity index (χ1n) is 6.69. The van der Waals surface area contributed by atoms with Crippen molar-refractivity contribution in [2.45, 2.75) is 40.0 Å². The summed E-state index contributed by atoms with van der Waals surface area (Å²) in [4.78, 5) is 0. The average Bonchev–Trinajstić information content (AvgIpc) is 2.67. The van der Waals surface area contributed by atoms with E-state index in [1.807, 2.05) is 14.0 Å². The molecule has 5 nitrogen and oxygen atoms in total. The molecule has 0 amide bonds. The van der Waals surface area contributed by atoms with Gasteiger partial charge in [-0.1, -0.05) is 20.8 Å². The fourth-order valence-electron chi connectivity index (χ4n) is 2.12. The van der Waals surface area contributed by atoms with Crippen LogP contribution in [-0.4, -0.2) is 28.0 Å². The van der Waals surface area contributed by atoms with Gasteiger partial charge in [-0.2, -0.15) is 5.10 Å². The molecule has 0 unspecified atom stereocenters. The Labute approximate surface area is 109 Å². The Balaban J connectivity index is 2.82. The highest BCUT2D eigenvalue weighted by Gasteiger charge is 2.26. The molecule has 104 valence electrons. The van der Waals surface area contributed by atoms with Crippen molar-refractivity contribution < 1.29 is 5.11 Å². The van der Waals surface area contributed by atoms with Crippen LogP contribution in [0.3, 0.4) is 0 Å². The van der Waals surface area contributed by atoms with Crippen molar-refractivity contribution in [3.63, 3.8) is 0 Å². The normalized spacial score (nSPS) is 11.8. The molecule has 0 saturated heterocycles. The van der Waals surface area contributed by atoms with Crippen molar-refractivity contribution in [3.05, 3.63) is 5.69 Å². The van der Waals surface area contributed by atoms with Gasteiger partial charge >= 0.3 is 0 Å². The molecule has 0 aromatic carbocycles. The van der Waals surface area contributed by atoms with Crippen LogP contribution in [0, 0.1) is 5.41 Å². The summed E-state index contributed by atoms with van der Waals surface area (Å²) in [5.41, 5.74) is 7.62. The fraction of sp³-hybridized carbons (Fsp3) is 0.769. The molecule has 0 aliphatic heterocycles. The van der Waals surface area contributed by atoms with Crippen molar-refractivity contribution in [1.29, 1.82) is 0 Å². The molecule has 1 aromatic heterocycles. The predicted molar refractivity (Wildman–Crippen MR) is 75.6 cm³/mol. The summed E-state index contributed by atoms with van der Waals surface area (Å²) >= 11 is 0. The Morgan fingerprint density at radius 1 is 1.33 bits per heavy atom. The van der Waals surface area contributed by atoms with Crippen LogP contribution in [0.25, 0.3) is 0 Å². The van der Waals surface area contributed by atoms with Gasteiger partial charge in [0.1, 0.15) is 5.82 Å². The number of nitrogens with two attached hydrogens (primary N) is 1. The second-order valence-corrected chi connectivity index (χ2v) is 4.90. The number of hydrogen-bond donors (Lipinski definition) is 3. The average molecular weight is 254 g/mol. The number of nitrogens with one attached hydrogen (secondary N) is 1. The van der Waals surface area contributed by atoms with Crippen molar-refractivity contribution >= 4 is 11.5 Å². The second-order valence-electron chi connectivity index (χ2n) is 4.90. The van der Waals surface area contributed by atoms with Crippen LogP contribution >= 0.6 is 0 Å². The SMILES string of the molecule is CCc1nn(C)c(NCC(CC)(CC)CO)c1N. The third-order valence-electron chi connectivity index (χ3n) is 3.96. The minimum Gasteiger partial charge on any atom is -0.396 e. The monoisotopic (exact) mass is 254 g/mol. The maximum absolute atomic E-state index is 9.55. The van der Waals surface area contributed by atoms with Gasteiger partial charge in [0, 0.05) is 19.0 Å². The summed E-state index contributed by atoms with van der Waals surface area (Å²) in [6.07, 6.45) is 2.70. The molecule has 4 N–H and O–H groups in total. The zero-order valence-corrected chi connectivity index (χ0v) is 12.0. The van der Waals surface area contributed by atoms with Gasteiger partial charge in [-0.25, -0.2) is 0 Å². The molecule has 0 bridgehead atoms. The smallest absolute Gasteiger partial charge is 0.147 e. The number of rotatable bonds is 7. The molecule has 5 heteroatoms. The van der Waals surface area contributed by atoms with Gasteiger partial charge in [-0.05, 0) is 19.3 Å². The highest BCUT2D eigenvalue weighted by molar-refractivity contribution is 5.65. The molecule has 0 radical (unpaired) electrons. The van der Waals surface area contributed by atoms with Crippen molar-refractivity contribution in [1.82, 2.24) is 9.78 Å². The van der Waals surface area contributed by atoms with Crippen LogP contribution in [0.1, 0.15) is 39.3 Å². The van der Waals surface area contributed by atoms with Gasteiger partial charge in [0.25, 0.3) is 0 Å². The number of hydrogen-bond acceptors (Lipinski definition) is 4. The second kappa shape index (κ2) is 6.09. The lowest BCUT2D eigenvalue weighted by atomic mass is 9.83. The van der Waals surface area contributed by atoms with E-state index in [1.54, 1.807) is 4.68 Å². The van der Waals surface area contributed by atoms with Crippen LogP contribution in [0.4, 0.5) is 11.5 Å². The van der Waals surface area contributed by atoms with Crippen LogP contribution in [-0.2, 0) is 13.5 Å².